The highest BCUT2D eigenvalue weighted by Gasteiger charge is 2.32. The van der Waals surface area contributed by atoms with Crippen LogP contribution in [0.3, 0.4) is 0 Å². The second-order valence-corrected chi connectivity index (χ2v) is 4.15. The zero-order valence-electron chi connectivity index (χ0n) is 12.2. The number of ether oxygens (including phenoxy) is 2. The second kappa shape index (κ2) is 7.89. The summed E-state index contributed by atoms with van der Waals surface area (Å²) >= 11 is 0. The SMILES string of the molecule is CO[NH2+]c1c(C(=O)OC)nn(CCOCC(F)(F)F)c1C(=O)O. The Morgan fingerprint density at radius 3 is 2.48 bits per heavy atom. The predicted octanol–water partition coefficient (Wildman–Crippen LogP) is -0.297. The van der Waals surface area contributed by atoms with Crippen molar-refractivity contribution in [3.8, 4) is 0 Å². The van der Waals surface area contributed by atoms with Gasteiger partial charge >= 0.3 is 18.1 Å². The number of nitrogens with two attached hydrogens (primary N) is 1. The number of aromatic nitrogens is 2. The van der Waals surface area contributed by atoms with Crippen LogP contribution in [0.4, 0.5) is 18.9 Å². The maximum atomic E-state index is 12.0. The summed E-state index contributed by atoms with van der Waals surface area (Å²) in [7, 11) is 2.31. The number of carbonyl (C=O) groups excluding carboxylic acids is 1. The zero-order valence-corrected chi connectivity index (χ0v) is 12.2. The fourth-order valence-electron chi connectivity index (χ4n) is 1.68. The van der Waals surface area contributed by atoms with Gasteiger partial charge in [0.2, 0.25) is 17.1 Å². The molecule has 9 nitrogen and oxygen atoms in total. The van der Waals surface area contributed by atoms with Crippen LogP contribution < -0.4 is 5.48 Å². The number of carboxylic acid groups (broad SMARTS) is 1. The fourth-order valence-corrected chi connectivity index (χ4v) is 1.68. The molecule has 130 valence electrons. The minimum atomic E-state index is -4.49. The van der Waals surface area contributed by atoms with Crippen molar-refractivity contribution in [1.82, 2.24) is 9.78 Å². The molecule has 3 N–H and O–H groups in total. The highest BCUT2D eigenvalue weighted by atomic mass is 19.4. The van der Waals surface area contributed by atoms with Crippen LogP contribution in [0.15, 0.2) is 0 Å². The van der Waals surface area contributed by atoms with Crippen LogP contribution >= 0.6 is 0 Å². The molecule has 0 saturated carbocycles. The number of nitrogens with zero attached hydrogens (tertiary/aromatic N) is 2. The van der Waals surface area contributed by atoms with E-state index in [2.05, 4.69) is 14.6 Å². The average Bonchev–Trinajstić information content (AvgIpc) is 2.81. The second-order valence-electron chi connectivity index (χ2n) is 4.15. The molecule has 0 radical (unpaired) electrons. The minimum absolute atomic E-state index is 0.150. The minimum Gasteiger partial charge on any atom is -0.476 e. The number of aromatic carboxylic acids is 1. The lowest BCUT2D eigenvalue weighted by molar-refractivity contribution is -0.830. The molecule has 0 fully saturated rings. The van der Waals surface area contributed by atoms with E-state index in [1.54, 1.807) is 0 Å². The van der Waals surface area contributed by atoms with E-state index in [1.165, 1.54) is 7.11 Å². The lowest BCUT2D eigenvalue weighted by atomic mass is 10.3. The molecule has 23 heavy (non-hydrogen) atoms. The third-order valence-electron chi connectivity index (χ3n) is 2.52. The van der Waals surface area contributed by atoms with Crippen LogP contribution in [0.2, 0.25) is 0 Å². The van der Waals surface area contributed by atoms with Gasteiger partial charge in [-0.2, -0.15) is 23.8 Å². The summed E-state index contributed by atoms with van der Waals surface area (Å²) in [6.07, 6.45) is -4.49. The number of quaternary nitrogens is 1. The van der Waals surface area contributed by atoms with Gasteiger partial charge in [0.1, 0.15) is 6.61 Å². The van der Waals surface area contributed by atoms with Crippen LogP contribution in [0.1, 0.15) is 21.0 Å². The molecule has 1 aromatic rings. The molecule has 0 aliphatic rings. The first-order valence-corrected chi connectivity index (χ1v) is 6.14. The van der Waals surface area contributed by atoms with E-state index in [1.807, 2.05) is 0 Å². The molecular weight excluding hydrogens is 327 g/mol. The Morgan fingerprint density at radius 1 is 1.35 bits per heavy atom. The predicted molar refractivity (Wildman–Crippen MR) is 66.0 cm³/mol. The van der Waals surface area contributed by atoms with Gasteiger partial charge in [0, 0.05) is 0 Å². The van der Waals surface area contributed by atoms with Crippen molar-refractivity contribution in [3.63, 3.8) is 0 Å². The van der Waals surface area contributed by atoms with Gasteiger partial charge in [-0.3, -0.25) is 0 Å². The van der Waals surface area contributed by atoms with E-state index in [9.17, 15) is 27.9 Å². The Hall–Kier alpha value is -2.18. The van der Waals surface area contributed by atoms with Crippen molar-refractivity contribution in [1.29, 1.82) is 0 Å². The van der Waals surface area contributed by atoms with E-state index in [-0.39, 0.29) is 17.9 Å². The van der Waals surface area contributed by atoms with E-state index in [4.69, 9.17) is 4.84 Å². The standard InChI is InChI=1S/C11H14F3N3O6/c1-21-10(20)7-6(16-22-2)8(9(18)19)17(15-7)3-4-23-5-11(12,13)14/h16H,3-5H2,1-2H3,(H,18,19)/p+1. The summed E-state index contributed by atoms with van der Waals surface area (Å²) in [4.78, 5) is 27.6. The number of alkyl halides is 3. The maximum Gasteiger partial charge on any atom is 0.411 e. The van der Waals surface area contributed by atoms with E-state index in [0.29, 0.717) is 0 Å². The molecule has 0 bridgehead atoms. The number of carbonyl (C=O) groups is 2. The molecule has 1 heterocycles. The first kappa shape index (κ1) is 18.9. The van der Waals surface area contributed by atoms with Crippen molar-refractivity contribution >= 4 is 17.6 Å². The van der Waals surface area contributed by atoms with Gasteiger partial charge in [0.05, 0.1) is 27.4 Å². The van der Waals surface area contributed by atoms with E-state index >= 15 is 0 Å². The molecule has 0 aliphatic heterocycles. The smallest absolute Gasteiger partial charge is 0.411 e. The third kappa shape index (κ3) is 5.19. The molecule has 0 aromatic carbocycles. The quantitative estimate of drug-likeness (QED) is 0.378. The summed E-state index contributed by atoms with van der Waals surface area (Å²) in [5.74, 6) is -2.35. The van der Waals surface area contributed by atoms with Crippen LogP contribution in [0, 0.1) is 0 Å². The molecule has 1 aromatic heterocycles. The van der Waals surface area contributed by atoms with Gasteiger partial charge < -0.3 is 14.6 Å². The van der Waals surface area contributed by atoms with Gasteiger partial charge in [-0.05, 0) is 0 Å². The number of esters is 1. The number of carboxylic acids is 1. The Balaban J connectivity index is 3.01. The van der Waals surface area contributed by atoms with Crippen molar-refractivity contribution in [2.75, 3.05) is 27.4 Å². The third-order valence-corrected chi connectivity index (χ3v) is 2.52. The Bertz CT molecular complexity index is 572. The average molecular weight is 342 g/mol. The Morgan fingerprint density at radius 2 is 2.00 bits per heavy atom. The first-order chi connectivity index (χ1) is 10.7. The normalized spacial score (nSPS) is 11.5. The summed E-state index contributed by atoms with van der Waals surface area (Å²) < 4.78 is 45.7. The lowest BCUT2D eigenvalue weighted by Gasteiger charge is -2.08. The number of rotatable bonds is 8. The van der Waals surface area contributed by atoms with Crippen molar-refractivity contribution < 1.29 is 47.7 Å². The van der Waals surface area contributed by atoms with Gasteiger partial charge in [0.25, 0.3) is 0 Å². The van der Waals surface area contributed by atoms with Gasteiger partial charge in [-0.25, -0.2) is 19.1 Å². The molecular formula is C11H15F3N3O6+. The highest BCUT2D eigenvalue weighted by Crippen LogP contribution is 2.18. The molecule has 0 amide bonds. The molecule has 12 heteroatoms. The number of methoxy groups -OCH3 is 1. The van der Waals surface area contributed by atoms with Gasteiger partial charge in [-0.1, -0.05) is 0 Å². The summed E-state index contributed by atoms with van der Waals surface area (Å²) in [6.45, 7) is -2.23. The monoisotopic (exact) mass is 342 g/mol. The lowest BCUT2D eigenvalue weighted by Crippen LogP contribution is -2.77. The van der Waals surface area contributed by atoms with Crippen LogP contribution in [0.5, 0.6) is 0 Å². The largest absolute Gasteiger partial charge is 0.476 e. The number of halogens is 3. The Kier molecular flexibility index (Phi) is 6.48. The molecule has 1 rings (SSSR count). The molecule has 0 saturated heterocycles. The molecule has 0 atom stereocenters. The maximum absolute atomic E-state index is 12.0. The topological polar surface area (TPSA) is 116 Å². The van der Waals surface area contributed by atoms with Crippen LogP contribution in [-0.4, -0.2) is 60.4 Å². The van der Waals surface area contributed by atoms with E-state index < -0.39 is 37.0 Å². The van der Waals surface area contributed by atoms with E-state index in [0.717, 1.165) is 17.3 Å². The van der Waals surface area contributed by atoms with Crippen molar-refractivity contribution in [2.24, 2.45) is 0 Å². The highest BCUT2D eigenvalue weighted by molar-refractivity contribution is 5.99. The Labute approximate surface area is 127 Å². The number of hydrogen-bond acceptors (Lipinski definition) is 6. The van der Waals surface area contributed by atoms with Gasteiger partial charge in [0.15, 0.2) is 0 Å². The summed E-state index contributed by atoms with van der Waals surface area (Å²) in [5, 5.41) is 13.0. The molecule has 0 aliphatic carbocycles. The van der Waals surface area contributed by atoms with Crippen LogP contribution in [0.25, 0.3) is 0 Å². The first-order valence-electron chi connectivity index (χ1n) is 6.14. The van der Waals surface area contributed by atoms with Crippen LogP contribution in [-0.2, 0) is 20.9 Å². The number of hydrogen-bond donors (Lipinski definition) is 2. The molecule has 0 spiro atoms. The molecule has 0 unspecified atom stereocenters. The fraction of sp³-hybridized carbons (Fsp3) is 0.545. The van der Waals surface area contributed by atoms with Crippen molar-refractivity contribution in [2.45, 2.75) is 12.7 Å². The zero-order chi connectivity index (χ0) is 17.6. The van der Waals surface area contributed by atoms with Crippen molar-refractivity contribution in [3.05, 3.63) is 11.4 Å². The van der Waals surface area contributed by atoms with Gasteiger partial charge in [-0.15, -0.1) is 0 Å². The summed E-state index contributed by atoms with van der Waals surface area (Å²) in [5.41, 5.74) is 0.0728. The summed E-state index contributed by atoms with van der Waals surface area (Å²) in [6, 6.07) is 0.